The average Bonchev–Trinajstić information content (AvgIpc) is 3.38. The summed E-state index contributed by atoms with van der Waals surface area (Å²) in [6.07, 6.45) is 8.93. The van der Waals surface area contributed by atoms with Gasteiger partial charge in [-0.3, -0.25) is 9.79 Å². The zero-order valence-corrected chi connectivity index (χ0v) is 16.0. The van der Waals surface area contributed by atoms with Crippen LogP contribution in [0.3, 0.4) is 0 Å². The fourth-order valence-electron chi connectivity index (χ4n) is 3.42. The van der Waals surface area contributed by atoms with E-state index in [1.807, 2.05) is 18.2 Å². The van der Waals surface area contributed by atoms with Crippen molar-refractivity contribution in [3.63, 3.8) is 0 Å². The molecule has 0 radical (unpaired) electrons. The van der Waals surface area contributed by atoms with Crippen molar-refractivity contribution in [2.24, 2.45) is 9.98 Å². The quantitative estimate of drug-likeness (QED) is 0.768. The molecule has 2 aliphatic heterocycles. The molecule has 1 aliphatic carbocycles. The van der Waals surface area contributed by atoms with E-state index in [-0.39, 0.29) is 5.78 Å². The maximum absolute atomic E-state index is 13.0. The van der Waals surface area contributed by atoms with Gasteiger partial charge in [0.1, 0.15) is 17.6 Å². The maximum Gasteiger partial charge on any atom is 0.203 e. The van der Waals surface area contributed by atoms with Gasteiger partial charge < -0.3 is 19.5 Å². The summed E-state index contributed by atoms with van der Waals surface area (Å²) < 4.78 is 16.0. The monoisotopic (exact) mass is 379 g/mol. The lowest BCUT2D eigenvalue weighted by Gasteiger charge is -2.14. The van der Waals surface area contributed by atoms with Crippen LogP contribution in [0.25, 0.3) is 0 Å². The molecule has 4 rings (SSSR count). The van der Waals surface area contributed by atoms with E-state index in [2.05, 4.69) is 21.4 Å². The molecule has 1 aromatic carbocycles. The van der Waals surface area contributed by atoms with E-state index >= 15 is 0 Å². The van der Waals surface area contributed by atoms with Gasteiger partial charge in [-0.05, 0) is 23.8 Å². The third kappa shape index (κ3) is 3.09. The molecule has 0 bridgehead atoms. The summed E-state index contributed by atoms with van der Waals surface area (Å²) >= 11 is 0. The number of amidine groups is 1. The zero-order chi connectivity index (χ0) is 19.7. The molecule has 1 aromatic rings. The topological polar surface area (TPSA) is 81.5 Å². The Morgan fingerprint density at radius 1 is 1.14 bits per heavy atom. The molecule has 1 unspecified atom stereocenters. The van der Waals surface area contributed by atoms with Crippen molar-refractivity contribution in [3.05, 3.63) is 53.3 Å². The van der Waals surface area contributed by atoms with Crippen LogP contribution in [0.4, 0.5) is 0 Å². The number of fused-ring (bicyclic) bond motifs is 1. The van der Waals surface area contributed by atoms with E-state index in [9.17, 15) is 4.79 Å². The molecule has 28 heavy (non-hydrogen) atoms. The van der Waals surface area contributed by atoms with Crippen molar-refractivity contribution < 1.29 is 19.0 Å². The second-order valence-electron chi connectivity index (χ2n) is 6.50. The number of aliphatic imine (C=N–C) groups is 2. The van der Waals surface area contributed by atoms with Gasteiger partial charge in [-0.25, -0.2) is 4.99 Å². The first-order chi connectivity index (χ1) is 13.6. The van der Waals surface area contributed by atoms with Crippen molar-refractivity contribution in [3.8, 4) is 17.2 Å². The van der Waals surface area contributed by atoms with Crippen molar-refractivity contribution in [2.75, 3.05) is 27.9 Å². The Balaban J connectivity index is 1.59. The Hall–Kier alpha value is -3.35. The molecular weight excluding hydrogens is 358 g/mol. The molecule has 0 spiro atoms. The van der Waals surface area contributed by atoms with E-state index in [0.29, 0.717) is 35.2 Å². The number of carbonyl (C=O) groups is 1. The number of hydrogen-bond acceptors (Lipinski definition) is 7. The maximum atomic E-state index is 13.0. The van der Waals surface area contributed by atoms with Crippen LogP contribution in [-0.4, -0.2) is 51.2 Å². The summed E-state index contributed by atoms with van der Waals surface area (Å²) in [7, 11) is 4.57. The second-order valence-corrected chi connectivity index (χ2v) is 6.50. The number of rotatable bonds is 6. The number of nitrogens with one attached hydrogen (secondary N) is 1. The predicted octanol–water partition coefficient (Wildman–Crippen LogP) is 2.49. The number of allylic oxidation sites excluding steroid dienone is 5. The third-order valence-corrected chi connectivity index (χ3v) is 4.85. The summed E-state index contributed by atoms with van der Waals surface area (Å²) in [5.74, 6) is 1.86. The molecular formula is C21H21N3O4. The average molecular weight is 379 g/mol. The molecule has 1 N–H and O–H groups in total. The van der Waals surface area contributed by atoms with Gasteiger partial charge in [-0.2, -0.15) is 0 Å². The molecule has 2 heterocycles. The summed E-state index contributed by atoms with van der Waals surface area (Å²) in [6, 6.07) is 2.77. The number of hydrogen-bond donors (Lipinski definition) is 1. The van der Waals surface area contributed by atoms with Crippen molar-refractivity contribution >= 4 is 17.3 Å². The van der Waals surface area contributed by atoms with Gasteiger partial charge in [0.15, 0.2) is 17.3 Å². The summed E-state index contributed by atoms with van der Waals surface area (Å²) in [5.41, 5.74) is 3.35. The zero-order valence-electron chi connectivity index (χ0n) is 16.0. The Labute approximate surface area is 163 Å². The lowest BCUT2D eigenvalue weighted by molar-refractivity contribution is 0.0966. The van der Waals surface area contributed by atoms with Crippen LogP contribution >= 0.6 is 0 Å². The Morgan fingerprint density at radius 3 is 2.54 bits per heavy atom. The highest BCUT2D eigenvalue weighted by molar-refractivity contribution is 6.15. The smallest absolute Gasteiger partial charge is 0.203 e. The van der Waals surface area contributed by atoms with Crippen LogP contribution in [0.5, 0.6) is 17.2 Å². The van der Waals surface area contributed by atoms with Crippen LogP contribution < -0.4 is 19.5 Å². The molecule has 144 valence electrons. The first-order valence-corrected chi connectivity index (χ1v) is 8.97. The van der Waals surface area contributed by atoms with Gasteiger partial charge in [0.2, 0.25) is 5.75 Å². The Kier molecular flexibility index (Phi) is 4.73. The van der Waals surface area contributed by atoms with Gasteiger partial charge in [0.25, 0.3) is 0 Å². The number of nitrogens with zero attached hydrogens (tertiary/aromatic N) is 2. The van der Waals surface area contributed by atoms with Crippen LogP contribution in [0, 0.1) is 0 Å². The van der Waals surface area contributed by atoms with Crippen molar-refractivity contribution in [1.82, 2.24) is 5.32 Å². The van der Waals surface area contributed by atoms with Gasteiger partial charge in [-0.15, -0.1) is 0 Å². The molecule has 1 atom stereocenters. The first-order valence-electron chi connectivity index (χ1n) is 8.97. The predicted molar refractivity (Wildman–Crippen MR) is 107 cm³/mol. The van der Waals surface area contributed by atoms with E-state index in [1.165, 1.54) is 21.3 Å². The molecule has 0 saturated carbocycles. The molecule has 0 aromatic heterocycles. The van der Waals surface area contributed by atoms with Crippen LogP contribution in [-0.2, 0) is 0 Å². The van der Waals surface area contributed by atoms with Gasteiger partial charge in [0, 0.05) is 18.5 Å². The van der Waals surface area contributed by atoms with Crippen molar-refractivity contribution in [2.45, 2.75) is 12.5 Å². The normalized spacial score (nSPS) is 19.8. The van der Waals surface area contributed by atoms with E-state index < -0.39 is 6.04 Å². The van der Waals surface area contributed by atoms with E-state index in [4.69, 9.17) is 14.2 Å². The highest BCUT2D eigenvalue weighted by Crippen LogP contribution is 2.38. The molecule has 7 heteroatoms. The molecule has 3 aliphatic rings. The van der Waals surface area contributed by atoms with E-state index in [0.717, 1.165) is 23.4 Å². The minimum absolute atomic E-state index is 0.119. The lowest BCUT2D eigenvalue weighted by atomic mass is 10.0. The fourth-order valence-corrected chi connectivity index (χ4v) is 3.42. The number of benzene rings is 1. The summed E-state index contributed by atoms with van der Waals surface area (Å²) in [5, 5.41) is 3.21. The van der Waals surface area contributed by atoms with Crippen molar-refractivity contribution in [1.29, 1.82) is 0 Å². The van der Waals surface area contributed by atoms with Gasteiger partial charge >= 0.3 is 0 Å². The number of Topliss-reactive ketones (excluding diaryl/α,β-unsaturated/α-hetero) is 1. The molecule has 0 fully saturated rings. The minimum atomic E-state index is -0.534. The van der Waals surface area contributed by atoms with Crippen LogP contribution in [0.1, 0.15) is 16.8 Å². The largest absolute Gasteiger partial charge is 0.493 e. The third-order valence-electron chi connectivity index (χ3n) is 4.85. The Bertz CT molecular complexity index is 960. The minimum Gasteiger partial charge on any atom is -0.493 e. The molecule has 0 saturated heterocycles. The highest BCUT2D eigenvalue weighted by Gasteiger charge is 2.30. The van der Waals surface area contributed by atoms with E-state index in [1.54, 1.807) is 12.1 Å². The Morgan fingerprint density at radius 2 is 1.89 bits per heavy atom. The van der Waals surface area contributed by atoms with Crippen LogP contribution in [0.15, 0.2) is 57.7 Å². The first kappa shape index (κ1) is 18.0. The number of carbonyl (C=O) groups excluding carboxylic acids is 1. The molecule has 7 nitrogen and oxygen atoms in total. The standard InChI is InChI=1S/C21H21N3O4/c1-26-17-9-13(10-18(27-2)20(17)28-3)19(25)16-11-22-21(24-16)15-8-12-6-4-5-7-14(12)23-15/h4-6,8-10,16H,7,11H2,1-3H3,(H,22,24). The fraction of sp³-hybridized carbons (Fsp3) is 0.286. The molecule has 0 amide bonds. The highest BCUT2D eigenvalue weighted by atomic mass is 16.5. The van der Waals surface area contributed by atoms with Gasteiger partial charge in [0.05, 0.1) is 27.0 Å². The number of methoxy groups -OCH3 is 3. The number of ketones is 1. The SMILES string of the molecule is COc1cc(C(=O)C2CNC(C3=CC4=CC=CCC4=N3)=N2)cc(OC)c1OC. The van der Waals surface area contributed by atoms with Gasteiger partial charge in [-0.1, -0.05) is 18.2 Å². The van der Waals surface area contributed by atoms with Crippen LogP contribution in [0.2, 0.25) is 0 Å². The lowest BCUT2D eigenvalue weighted by Crippen LogP contribution is -2.26. The summed E-state index contributed by atoms with van der Waals surface area (Å²) in [6.45, 7) is 0.421. The second kappa shape index (κ2) is 7.34. The number of ether oxygens (including phenoxy) is 3. The summed E-state index contributed by atoms with van der Waals surface area (Å²) in [4.78, 5) is 22.2.